The Hall–Kier alpha value is -0.940. The summed E-state index contributed by atoms with van der Waals surface area (Å²) < 4.78 is 10.6. The van der Waals surface area contributed by atoms with Gasteiger partial charge in [0, 0.05) is 6.61 Å². The maximum atomic E-state index is 5.64. The minimum Gasteiger partial charge on any atom is -0.370 e. The lowest BCUT2D eigenvalue weighted by Crippen LogP contribution is -2.13. The van der Waals surface area contributed by atoms with Gasteiger partial charge >= 0.3 is 0 Å². The highest BCUT2D eigenvalue weighted by Crippen LogP contribution is 2.23. The average molecular weight is 213 g/mol. The van der Waals surface area contributed by atoms with Crippen molar-refractivity contribution in [3.05, 3.63) is 11.7 Å². The molecule has 1 aromatic heterocycles. The molecule has 0 saturated heterocycles. The van der Waals surface area contributed by atoms with E-state index in [1.54, 1.807) is 0 Å². The van der Waals surface area contributed by atoms with E-state index in [0.717, 1.165) is 0 Å². The standard InChI is InChI=1S/C10H19N3O2/c1-5-14-8(6(2)3)9-12-10(7(4)11)15-13-9/h6-8H,5,11H2,1-4H3/t7-,8?/m1/s1. The van der Waals surface area contributed by atoms with Crippen LogP contribution >= 0.6 is 0 Å². The van der Waals surface area contributed by atoms with Crippen LogP contribution in [0, 0.1) is 5.92 Å². The van der Waals surface area contributed by atoms with Crippen molar-refractivity contribution < 1.29 is 9.26 Å². The first kappa shape index (κ1) is 12.1. The first-order valence-corrected chi connectivity index (χ1v) is 5.27. The van der Waals surface area contributed by atoms with E-state index < -0.39 is 0 Å². The van der Waals surface area contributed by atoms with Gasteiger partial charge in [-0.2, -0.15) is 4.98 Å². The molecule has 5 heteroatoms. The summed E-state index contributed by atoms with van der Waals surface area (Å²) in [4.78, 5) is 4.22. The Bertz CT molecular complexity index is 297. The summed E-state index contributed by atoms with van der Waals surface area (Å²) in [5.74, 6) is 1.35. The van der Waals surface area contributed by atoms with Crippen molar-refractivity contribution in [1.82, 2.24) is 10.1 Å². The summed E-state index contributed by atoms with van der Waals surface area (Å²) >= 11 is 0. The van der Waals surface area contributed by atoms with E-state index in [4.69, 9.17) is 15.0 Å². The molecule has 0 amide bonds. The first-order chi connectivity index (χ1) is 7.06. The minimum absolute atomic E-state index is 0.119. The predicted octanol–water partition coefficient (Wildman–Crippen LogP) is 1.82. The average Bonchev–Trinajstić information content (AvgIpc) is 2.62. The molecule has 0 aliphatic carbocycles. The van der Waals surface area contributed by atoms with E-state index in [-0.39, 0.29) is 12.1 Å². The summed E-state index contributed by atoms with van der Waals surface area (Å²) in [5, 5.41) is 3.89. The van der Waals surface area contributed by atoms with E-state index >= 15 is 0 Å². The van der Waals surface area contributed by atoms with Gasteiger partial charge in [0.15, 0.2) is 0 Å². The highest BCUT2D eigenvalue weighted by Gasteiger charge is 2.22. The van der Waals surface area contributed by atoms with Crippen molar-refractivity contribution in [2.45, 2.75) is 39.8 Å². The van der Waals surface area contributed by atoms with E-state index in [1.165, 1.54) is 0 Å². The number of hydrogen-bond donors (Lipinski definition) is 1. The molecule has 1 heterocycles. The molecule has 0 radical (unpaired) electrons. The molecular formula is C10H19N3O2. The van der Waals surface area contributed by atoms with Crippen LogP contribution in [0.1, 0.15) is 51.6 Å². The first-order valence-electron chi connectivity index (χ1n) is 5.27. The molecular weight excluding hydrogens is 194 g/mol. The van der Waals surface area contributed by atoms with E-state index in [0.29, 0.717) is 24.2 Å². The molecule has 1 rings (SSSR count). The summed E-state index contributed by atoms with van der Waals surface area (Å²) in [6.45, 7) is 8.50. The molecule has 0 aliphatic heterocycles. The number of rotatable bonds is 5. The Labute approximate surface area is 90.0 Å². The van der Waals surface area contributed by atoms with E-state index in [9.17, 15) is 0 Å². The zero-order valence-electron chi connectivity index (χ0n) is 9.73. The van der Waals surface area contributed by atoms with Crippen LogP contribution in [0.25, 0.3) is 0 Å². The Morgan fingerprint density at radius 3 is 2.47 bits per heavy atom. The number of nitrogens with zero attached hydrogens (tertiary/aromatic N) is 2. The molecule has 15 heavy (non-hydrogen) atoms. The Morgan fingerprint density at radius 1 is 1.40 bits per heavy atom. The van der Waals surface area contributed by atoms with Crippen LogP contribution in [0.5, 0.6) is 0 Å². The lowest BCUT2D eigenvalue weighted by atomic mass is 10.1. The van der Waals surface area contributed by atoms with Crippen LogP contribution in [-0.2, 0) is 4.74 Å². The van der Waals surface area contributed by atoms with Gasteiger partial charge in [0.1, 0.15) is 6.10 Å². The fraction of sp³-hybridized carbons (Fsp3) is 0.800. The third-order valence-electron chi connectivity index (χ3n) is 2.05. The molecule has 2 atom stereocenters. The molecule has 2 N–H and O–H groups in total. The van der Waals surface area contributed by atoms with Gasteiger partial charge in [0.05, 0.1) is 6.04 Å². The zero-order chi connectivity index (χ0) is 11.4. The summed E-state index contributed by atoms with van der Waals surface area (Å²) in [5.41, 5.74) is 5.64. The molecule has 86 valence electrons. The number of aromatic nitrogens is 2. The second-order valence-electron chi connectivity index (χ2n) is 3.90. The van der Waals surface area contributed by atoms with Crippen LogP contribution < -0.4 is 5.73 Å². The molecule has 1 aromatic rings. The molecule has 0 aliphatic rings. The second kappa shape index (κ2) is 5.23. The second-order valence-corrected chi connectivity index (χ2v) is 3.90. The Morgan fingerprint density at radius 2 is 2.07 bits per heavy atom. The van der Waals surface area contributed by atoms with Gasteiger partial charge < -0.3 is 15.0 Å². The Balaban J connectivity index is 2.81. The molecule has 0 fully saturated rings. The molecule has 0 saturated carbocycles. The summed E-state index contributed by atoms with van der Waals surface area (Å²) in [6, 6.07) is -0.235. The van der Waals surface area contributed by atoms with Crippen molar-refractivity contribution in [3.8, 4) is 0 Å². The lowest BCUT2D eigenvalue weighted by molar-refractivity contribution is 0.0217. The largest absolute Gasteiger partial charge is 0.370 e. The van der Waals surface area contributed by atoms with E-state index in [1.807, 2.05) is 13.8 Å². The quantitative estimate of drug-likeness (QED) is 0.807. The van der Waals surface area contributed by atoms with Crippen molar-refractivity contribution in [2.75, 3.05) is 6.61 Å². The maximum Gasteiger partial charge on any atom is 0.243 e. The molecule has 0 spiro atoms. The number of ether oxygens (including phenoxy) is 1. The fourth-order valence-corrected chi connectivity index (χ4v) is 1.29. The normalized spacial score (nSPS) is 15.6. The SMILES string of the molecule is CCOC(c1noc([C@@H](C)N)n1)C(C)C. The van der Waals surface area contributed by atoms with Crippen molar-refractivity contribution in [3.63, 3.8) is 0 Å². The molecule has 0 bridgehead atoms. The van der Waals surface area contributed by atoms with Crippen molar-refractivity contribution >= 4 is 0 Å². The van der Waals surface area contributed by atoms with Crippen LogP contribution in [0.3, 0.4) is 0 Å². The van der Waals surface area contributed by atoms with Gasteiger partial charge in [-0.25, -0.2) is 0 Å². The number of nitrogens with two attached hydrogens (primary N) is 1. The van der Waals surface area contributed by atoms with Gasteiger partial charge in [-0.3, -0.25) is 0 Å². The maximum absolute atomic E-state index is 5.64. The molecule has 0 aromatic carbocycles. The molecule has 1 unspecified atom stereocenters. The fourth-order valence-electron chi connectivity index (χ4n) is 1.29. The smallest absolute Gasteiger partial charge is 0.243 e. The van der Waals surface area contributed by atoms with Gasteiger partial charge in [-0.15, -0.1) is 0 Å². The van der Waals surface area contributed by atoms with Crippen molar-refractivity contribution in [2.24, 2.45) is 11.7 Å². The topological polar surface area (TPSA) is 74.2 Å². The third-order valence-corrected chi connectivity index (χ3v) is 2.05. The predicted molar refractivity (Wildman–Crippen MR) is 56.1 cm³/mol. The minimum atomic E-state index is -0.235. The highest BCUT2D eigenvalue weighted by atomic mass is 16.5. The monoisotopic (exact) mass is 213 g/mol. The summed E-state index contributed by atoms with van der Waals surface area (Å²) in [6.07, 6.45) is -0.119. The van der Waals surface area contributed by atoms with Gasteiger partial charge in [0.25, 0.3) is 0 Å². The van der Waals surface area contributed by atoms with Crippen molar-refractivity contribution in [1.29, 1.82) is 0 Å². The van der Waals surface area contributed by atoms with Crippen LogP contribution in [-0.4, -0.2) is 16.7 Å². The van der Waals surface area contributed by atoms with Gasteiger partial charge in [0.2, 0.25) is 11.7 Å². The van der Waals surface area contributed by atoms with Crippen LogP contribution in [0.2, 0.25) is 0 Å². The van der Waals surface area contributed by atoms with Gasteiger partial charge in [-0.05, 0) is 19.8 Å². The van der Waals surface area contributed by atoms with Gasteiger partial charge in [-0.1, -0.05) is 19.0 Å². The third kappa shape index (κ3) is 3.00. The molecule has 5 nitrogen and oxygen atoms in total. The lowest BCUT2D eigenvalue weighted by Gasteiger charge is -2.16. The number of hydrogen-bond acceptors (Lipinski definition) is 5. The van der Waals surface area contributed by atoms with Crippen LogP contribution in [0.15, 0.2) is 4.52 Å². The highest BCUT2D eigenvalue weighted by molar-refractivity contribution is 4.95. The summed E-state index contributed by atoms with van der Waals surface area (Å²) in [7, 11) is 0. The van der Waals surface area contributed by atoms with E-state index in [2.05, 4.69) is 24.0 Å². The Kier molecular flexibility index (Phi) is 4.23. The zero-order valence-corrected chi connectivity index (χ0v) is 9.73. The van der Waals surface area contributed by atoms with Crippen LogP contribution in [0.4, 0.5) is 0 Å².